The Balaban J connectivity index is 2.69. The van der Waals surface area contributed by atoms with Crippen LogP contribution >= 0.6 is 0 Å². The third-order valence-corrected chi connectivity index (χ3v) is 2.77. The zero-order valence-corrected chi connectivity index (χ0v) is 9.90. The van der Waals surface area contributed by atoms with Gasteiger partial charge in [0.15, 0.2) is 0 Å². The van der Waals surface area contributed by atoms with Gasteiger partial charge in [0.2, 0.25) is 0 Å². The van der Waals surface area contributed by atoms with Crippen molar-refractivity contribution in [3.05, 3.63) is 23.9 Å². The van der Waals surface area contributed by atoms with Gasteiger partial charge in [0, 0.05) is 25.8 Å². The van der Waals surface area contributed by atoms with Crippen LogP contribution in [-0.2, 0) is 6.54 Å². The van der Waals surface area contributed by atoms with Crippen LogP contribution in [0.25, 0.3) is 0 Å². The smallest absolute Gasteiger partial charge is 0.128 e. The summed E-state index contributed by atoms with van der Waals surface area (Å²) in [5, 5.41) is 0. The van der Waals surface area contributed by atoms with Crippen molar-refractivity contribution >= 4 is 5.82 Å². The summed E-state index contributed by atoms with van der Waals surface area (Å²) in [6.07, 6.45) is 4.24. The number of nitrogens with zero attached hydrogens (tertiary/aromatic N) is 2. The Hall–Kier alpha value is -1.09. The molecule has 0 saturated carbocycles. The van der Waals surface area contributed by atoms with Crippen LogP contribution in [0.1, 0.15) is 32.3 Å². The minimum absolute atomic E-state index is 0.534. The molecule has 3 heteroatoms. The van der Waals surface area contributed by atoms with Crippen LogP contribution in [0.2, 0.25) is 0 Å². The summed E-state index contributed by atoms with van der Waals surface area (Å²) < 4.78 is 0. The highest BCUT2D eigenvalue weighted by molar-refractivity contribution is 5.39. The van der Waals surface area contributed by atoms with Gasteiger partial charge in [-0.05, 0) is 25.0 Å². The SMILES string of the molecule is CCCC(C)N(C)c1ccc(CN)cn1. The molecule has 1 rings (SSSR count). The lowest BCUT2D eigenvalue weighted by atomic mass is 10.1. The summed E-state index contributed by atoms with van der Waals surface area (Å²) in [5.41, 5.74) is 6.61. The molecule has 0 bridgehead atoms. The largest absolute Gasteiger partial charge is 0.357 e. The summed E-state index contributed by atoms with van der Waals surface area (Å²) in [7, 11) is 2.09. The maximum absolute atomic E-state index is 5.53. The Morgan fingerprint density at radius 1 is 1.47 bits per heavy atom. The zero-order valence-electron chi connectivity index (χ0n) is 9.90. The van der Waals surface area contributed by atoms with Crippen molar-refractivity contribution in [1.82, 2.24) is 4.98 Å². The number of nitrogens with two attached hydrogens (primary N) is 1. The average molecular weight is 207 g/mol. The van der Waals surface area contributed by atoms with Crippen molar-refractivity contribution in [3.63, 3.8) is 0 Å². The Morgan fingerprint density at radius 3 is 2.67 bits per heavy atom. The van der Waals surface area contributed by atoms with Gasteiger partial charge in [-0.1, -0.05) is 19.4 Å². The van der Waals surface area contributed by atoms with Crippen molar-refractivity contribution in [3.8, 4) is 0 Å². The van der Waals surface area contributed by atoms with Gasteiger partial charge in [0.25, 0.3) is 0 Å². The quantitative estimate of drug-likeness (QED) is 0.804. The van der Waals surface area contributed by atoms with E-state index in [4.69, 9.17) is 5.73 Å². The zero-order chi connectivity index (χ0) is 11.3. The first kappa shape index (κ1) is 12.0. The minimum Gasteiger partial charge on any atom is -0.357 e. The molecule has 2 N–H and O–H groups in total. The molecule has 1 unspecified atom stereocenters. The Labute approximate surface area is 92.3 Å². The topological polar surface area (TPSA) is 42.1 Å². The summed E-state index contributed by atoms with van der Waals surface area (Å²) in [6.45, 7) is 4.98. The molecule has 1 heterocycles. The summed E-state index contributed by atoms with van der Waals surface area (Å²) in [5.74, 6) is 1.02. The lowest BCUT2D eigenvalue weighted by Crippen LogP contribution is -2.29. The second-order valence-electron chi connectivity index (χ2n) is 3.98. The summed E-state index contributed by atoms with van der Waals surface area (Å²) >= 11 is 0. The van der Waals surface area contributed by atoms with Crippen molar-refractivity contribution < 1.29 is 0 Å². The van der Waals surface area contributed by atoms with Gasteiger partial charge in [-0.25, -0.2) is 4.98 Å². The van der Waals surface area contributed by atoms with E-state index in [-0.39, 0.29) is 0 Å². The molecule has 0 spiro atoms. The van der Waals surface area contributed by atoms with Crippen molar-refractivity contribution in [2.24, 2.45) is 5.73 Å². The maximum Gasteiger partial charge on any atom is 0.128 e. The van der Waals surface area contributed by atoms with Gasteiger partial charge in [0.1, 0.15) is 5.82 Å². The Bertz CT molecular complexity index is 281. The molecule has 0 saturated heterocycles. The van der Waals surface area contributed by atoms with E-state index in [1.807, 2.05) is 18.3 Å². The first-order valence-corrected chi connectivity index (χ1v) is 5.56. The molecular weight excluding hydrogens is 186 g/mol. The van der Waals surface area contributed by atoms with Gasteiger partial charge in [-0.2, -0.15) is 0 Å². The van der Waals surface area contributed by atoms with E-state index in [0.29, 0.717) is 12.6 Å². The normalized spacial score (nSPS) is 12.5. The van der Waals surface area contributed by atoms with E-state index in [0.717, 1.165) is 11.4 Å². The molecule has 0 radical (unpaired) electrons. The summed E-state index contributed by atoms with van der Waals surface area (Å²) in [4.78, 5) is 6.61. The molecule has 0 aliphatic heterocycles. The van der Waals surface area contributed by atoms with Crippen molar-refractivity contribution in [2.45, 2.75) is 39.3 Å². The fraction of sp³-hybridized carbons (Fsp3) is 0.583. The lowest BCUT2D eigenvalue weighted by molar-refractivity contribution is 0.611. The van der Waals surface area contributed by atoms with Gasteiger partial charge in [-0.3, -0.25) is 0 Å². The van der Waals surface area contributed by atoms with Crippen LogP contribution in [-0.4, -0.2) is 18.1 Å². The average Bonchev–Trinajstić information content (AvgIpc) is 2.28. The first-order valence-electron chi connectivity index (χ1n) is 5.56. The molecule has 0 aliphatic rings. The minimum atomic E-state index is 0.534. The molecule has 3 nitrogen and oxygen atoms in total. The van der Waals surface area contributed by atoms with E-state index in [1.54, 1.807) is 0 Å². The van der Waals surface area contributed by atoms with Crippen LogP contribution in [0.3, 0.4) is 0 Å². The molecule has 0 aliphatic carbocycles. The molecule has 0 fully saturated rings. The molecule has 1 aromatic rings. The molecule has 1 atom stereocenters. The fourth-order valence-corrected chi connectivity index (χ4v) is 1.58. The molecule has 1 aromatic heterocycles. The highest BCUT2D eigenvalue weighted by Crippen LogP contribution is 2.14. The van der Waals surface area contributed by atoms with Crippen molar-refractivity contribution in [1.29, 1.82) is 0 Å². The highest BCUT2D eigenvalue weighted by atomic mass is 15.2. The van der Waals surface area contributed by atoms with Crippen LogP contribution in [0.5, 0.6) is 0 Å². The number of hydrogen-bond donors (Lipinski definition) is 1. The number of hydrogen-bond acceptors (Lipinski definition) is 3. The van der Waals surface area contributed by atoms with Crippen LogP contribution in [0, 0.1) is 0 Å². The standard InChI is InChI=1S/C12H21N3/c1-4-5-10(2)15(3)12-7-6-11(8-13)9-14-12/h6-7,9-10H,4-5,8,13H2,1-3H3. The third kappa shape index (κ3) is 3.20. The van der Waals surface area contributed by atoms with E-state index >= 15 is 0 Å². The molecule has 0 aromatic carbocycles. The Kier molecular flexibility index (Phi) is 4.56. The number of pyridine rings is 1. The second kappa shape index (κ2) is 5.71. The molecular formula is C12H21N3. The summed E-state index contributed by atoms with van der Waals surface area (Å²) in [6, 6.07) is 4.61. The van der Waals surface area contributed by atoms with Crippen LogP contribution < -0.4 is 10.6 Å². The van der Waals surface area contributed by atoms with Crippen molar-refractivity contribution in [2.75, 3.05) is 11.9 Å². The van der Waals surface area contributed by atoms with Gasteiger partial charge < -0.3 is 10.6 Å². The van der Waals surface area contributed by atoms with Crippen LogP contribution in [0.15, 0.2) is 18.3 Å². The first-order chi connectivity index (χ1) is 7.19. The molecule has 15 heavy (non-hydrogen) atoms. The predicted molar refractivity (Wildman–Crippen MR) is 64.9 cm³/mol. The fourth-order valence-electron chi connectivity index (χ4n) is 1.58. The van der Waals surface area contributed by atoms with Crippen LogP contribution in [0.4, 0.5) is 5.82 Å². The van der Waals surface area contributed by atoms with E-state index in [1.165, 1.54) is 12.8 Å². The Morgan fingerprint density at radius 2 is 2.20 bits per heavy atom. The molecule has 84 valence electrons. The lowest BCUT2D eigenvalue weighted by Gasteiger charge is -2.25. The maximum atomic E-state index is 5.53. The van der Waals surface area contributed by atoms with E-state index in [9.17, 15) is 0 Å². The number of rotatable bonds is 5. The predicted octanol–water partition coefficient (Wildman–Crippen LogP) is 2.17. The third-order valence-electron chi connectivity index (χ3n) is 2.77. The number of aromatic nitrogens is 1. The second-order valence-corrected chi connectivity index (χ2v) is 3.98. The number of anilines is 1. The highest BCUT2D eigenvalue weighted by Gasteiger charge is 2.09. The monoisotopic (exact) mass is 207 g/mol. The van der Waals surface area contributed by atoms with Gasteiger partial charge in [0.05, 0.1) is 0 Å². The van der Waals surface area contributed by atoms with Gasteiger partial charge in [-0.15, -0.1) is 0 Å². The molecule has 0 amide bonds. The van der Waals surface area contributed by atoms with E-state index < -0.39 is 0 Å². The van der Waals surface area contributed by atoms with Gasteiger partial charge >= 0.3 is 0 Å². The van der Waals surface area contributed by atoms with E-state index in [2.05, 4.69) is 30.8 Å².